The van der Waals surface area contributed by atoms with Gasteiger partial charge in [-0.1, -0.05) is 6.07 Å². The quantitative estimate of drug-likeness (QED) is 0.705. The first kappa shape index (κ1) is 16.1. The number of hydrogen-bond acceptors (Lipinski definition) is 5. The Bertz CT molecular complexity index is 419. The van der Waals surface area contributed by atoms with Gasteiger partial charge in [0.05, 0.1) is 26.9 Å². The third kappa shape index (κ3) is 5.19. The molecular weight excluding hydrogens is 270 g/mol. The molecule has 1 fully saturated rings. The van der Waals surface area contributed by atoms with Crippen molar-refractivity contribution in [2.75, 3.05) is 47.2 Å². The van der Waals surface area contributed by atoms with Gasteiger partial charge >= 0.3 is 0 Å². The van der Waals surface area contributed by atoms with Crippen LogP contribution in [0.25, 0.3) is 0 Å². The Kier molecular flexibility index (Phi) is 6.79. The molecule has 1 aliphatic heterocycles. The van der Waals surface area contributed by atoms with E-state index >= 15 is 0 Å². The van der Waals surface area contributed by atoms with Gasteiger partial charge in [0.25, 0.3) is 0 Å². The summed E-state index contributed by atoms with van der Waals surface area (Å²) in [5.41, 5.74) is 1.17. The second-order valence-electron chi connectivity index (χ2n) is 5.20. The number of nitrogens with one attached hydrogen (secondary N) is 1. The van der Waals surface area contributed by atoms with Gasteiger partial charge in [-0.05, 0) is 24.1 Å². The van der Waals surface area contributed by atoms with Gasteiger partial charge < -0.3 is 24.3 Å². The van der Waals surface area contributed by atoms with E-state index in [-0.39, 0.29) is 0 Å². The first-order valence-electron chi connectivity index (χ1n) is 7.40. The molecule has 1 aliphatic rings. The van der Waals surface area contributed by atoms with E-state index in [9.17, 15) is 0 Å². The van der Waals surface area contributed by atoms with E-state index < -0.39 is 0 Å². The van der Waals surface area contributed by atoms with Gasteiger partial charge in [0.15, 0.2) is 11.5 Å². The summed E-state index contributed by atoms with van der Waals surface area (Å²) in [6.45, 7) is 4.65. The van der Waals surface area contributed by atoms with Crippen molar-refractivity contribution in [2.45, 2.75) is 13.0 Å². The fourth-order valence-corrected chi connectivity index (χ4v) is 2.27. The Morgan fingerprint density at radius 1 is 1.29 bits per heavy atom. The van der Waals surface area contributed by atoms with Gasteiger partial charge in [0.1, 0.15) is 0 Å². The van der Waals surface area contributed by atoms with Crippen molar-refractivity contribution in [3.63, 3.8) is 0 Å². The third-order valence-electron chi connectivity index (χ3n) is 3.54. The molecule has 0 aliphatic carbocycles. The van der Waals surface area contributed by atoms with Crippen LogP contribution < -0.4 is 14.8 Å². The Morgan fingerprint density at radius 2 is 2.19 bits per heavy atom. The number of hydrogen-bond donors (Lipinski definition) is 1. The molecule has 0 bridgehead atoms. The van der Waals surface area contributed by atoms with Crippen LogP contribution in [0.4, 0.5) is 0 Å². The van der Waals surface area contributed by atoms with E-state index in [1.54, 1.807) is 14.2 Å². The van der Waals surface area contributed by atoms with Crippen LogP contribution in [-0.4, -0.2) is 47.2 Å². The zero-order valence-corrected chi connectivity index (χ0v) is 12.9. The zero-order chi connectivity index (χ0) is 14.9. The lowest BCUT2D eigenvalue weighted by Gasteiger charge is -2.14. The molecule has 118 valence electrons. The maximum atomic E-state index is 5.86. The van der Waals surface area contributed by atoms with Crippen LogP contribution in [0.1, 0.15) is 12.0 Å². The van der Waals surface area contributed by atoms with Crippen LogP contribution in [0.2, 0.25) is 0 Å². The largest absolute Gasteiger partial charge is 0.493 e. The van der Waals surface area contributed by atoms with E-state index in [1.807, 2.05) is 12.1 Å². The number of ether oxygens (including phenoxy) is 4. The molecule has 1 aromatic carbocycles. The molecule has 2 rings (SSSR count). The van der Waals surface area contributed by atoms with Crippen molar-refractivity contribution >= 4 is 0 Å². The fraction of sp³-hybridized carbons (Fsp3) is 0.625. The lowest BCUT2D eigenvalue weighted by atomic mass is 10.1. The highest BCUT2D eigenvalue weighted by atomic mass is 16.5. The van der Waals surface area contributed by atoms with Crippen LogP contribution in [0.15, 0.2) is 18.2 Å². The molecule has 0 spiro atoms. The molecule has 0 radical (unpaired) electrons. The van der Waals surface area contributed by atoms with Gasteiger partial charge in [-0.2, -0.15) is 0 Å². The summed E-state index contributed by atoms with van der Waals surface area (Å²) < 4.78 is 21.6. The maximum Gasteiger partial charge on any atom is 0.161 e. The van der Waals surface area contributed by atoms with Crippen molar-refractivity contribution in [1.29, 1.82) is 0 Å². The van der Waals surface area contributed by atoms with Gasteiger partial charge in [0.2, 0.25) is 0 Å². The molecule has 21 heavy (non-hydrogen) atoms. The van der Waals surface area contributed by atoms with E-state index in [1.165, 1.54) is 5.56 Å². The lowest BCUT2D eigenvalue weighted by Crippen LogP contribution is -2.18. The molecule has 1 aromatic rings. The molecule has 1 atom stereocenters. The first-order chi connectivity index (χ1) is 10.3. The minimum absolute atomic E-state index is 0.491. The van der Waals surface area contributed by atoms with Gasteiger partial charge in [-0.15, -0.1) is 0 Å². The minimum Gasteiger partial charge on any atom is -0.493 e. The second-order valence-corrected chi connectivity index (χ2v) is 5.20. The predicted molar refractivity (Wildman–Crippen MR) is 81.0 cm³/mol. The number of methoxy groups -OCH3 is 2. The Morgan fingerprint density at radius 3 is 2.90 bits per heavy atom. The summed E-state index contributed by atoms with van der Waals surface area (Å²) in [4.78, 5) is 0. The first-order valence-corrected chi connectivity index (χ1v) is 7.40. The minimum atomic E-state index is 0.491. The monoisotopic (exact) mass is 295 g/mol. The molecule has 1 saturated heterocycles. The highest BCUT2D eigenvalue weighted by molar-refractivity contribution is 5.43. The van der Waals surface area contributed by atoms with Crippen molar-refractivity contribution in [3.8, 4) is 11.5 Å². The summed E-state index contributed by atoms with van der Waals surface area (Å²) in [5.74, 6) is 2.06. The van der Waals surface area contributed by atoms with Crippen molar-refractivity contribution in [2.24, 2.45) is 5.92 Å². The molecule has 0 aromatic heterocycles. The predicted octanol–water partition coefficient (Wildman–Crippen LogP) is 1.85. The molecule has 1 N–H and O–H groups in total. The van der Waals surface area contributed by atoms with Crippen LogP contribution in [-0.2, 0) is 16.0 Å². The van der Waals surface area contributed by atoms with Crippen molar-refractivity contribution in [3.05, 3.63) is 23.8 Å². The highest BCUT2D eigenvalue weighted by Crippen LogP contribution is 2.29. The standard InChI is InChI=1S/C16H25NO4/c1-18-8-6-17-10-13-3-4-15(16(9-13)19-2)21-12-14-5-7-20-11-14/h3-4,9,14,17H,5-8,10-12H2,1-2H3. The summed E-state index contributed by atoms with van der Waals surface area (Å²) >= 11 is 0. The van der Waals surface area contributed by atoms with E-state index in [0.29, 0.717) is 19.1 Å². The average Bonchev–Trinajstić information content (AvgIpc) is 3.03. The van der Waals surface area contributed by atoms with Crippen LogP contribution in [0.5, 0.6) is 11.5 Å². The molecule has 1 heterocycles. The Hall–Kier alpha value is -1.30. The summed E-state index contributed by atoms with van der Waals surface area (Å²) in [5, 5.41) is 3.31. The molecular formula is C16H25NO4. The molecule has 1 unspecified atom stereocenters. The SMILES string of the molecule is COCCNCc1ccc(OCC2CCOC2)c(OC)c1. The van der Waals surface area contributed by atoms with Crippen molar-refractivity contribution < 1.29 is 18.9 Å². The third-order valence-corrected chi connectivity index (χ3v) is 3.54. The highest BCUT2D eigenvalue weighted by Gasteiger charge is 2.17. The zero-order valence-electron chi connectivity index (χ0n) is 12.9. The number of rotatable bonds is 9. The molecule has 5 heteroatoms. The molecule has 5 nitrogen and oxygen atoms in total. The summed E-state index contributed by atoms with van der Waals surface area (Å²) in [7, 11) is 3.37. The van der Waals surface area contributed by atoms with Gasteiger partial charge in [0, 0.05) is 32.7 Å². The van der Waals surface area contributed by atoms with E-state index in [4.69, 9.17) is 18.9 Å². The van der Waals surface area contributed by atoms with Crippen LogP contribution >= 0.6 is 0 Å². The van der Waals surface area contributed by atoms with Gasteiger partial charge in [-0.25, -0.2) is 0 Å². The topological polar surface area (TPSA) is 49.0 Å². The summed E-state index contributed by atoms with van der Waals surface area (Å²) in [6.07, 6.45) is 1.07. The molecule has 0 amide bonds. The molecule has 0 saturated carbocycles. The van der Waals surface area contributed by atoms with E-state index in [2.05, 4.69) is 11.4 Å². The Labute approximate surface area is 126 Å². The maximum absolute atomic E-state index is 5.86. The fourth-order valence-electron chi connectivity index (χ4n) is 2.27. The van der Waals surface area contributed by atoms with Crippen molar-refractivity contribution in [1.82, 2.24) is 5.32 Å². The average molecular weight is 295 g/mol. The number of benzene rings is 1. The normalized spacial score (nSPS) is 17.9. The van der Waals surface area contributed by atoms with Gasteiger partial charge in [-0.3, -0.25) is 0 Å². The van der Waals surface area contributed by atoms with E-state index in [0.717, 1.165) is 44.2 Å². The smallest absolute Gasteiger partial charge is 0.161 e. The van der Waals surface area contributed by atoms with Crippen LogP contribution in [0, 0.1) is 5.92 Å². The van der Waals surface area contributed by atoms with Crippen LogP contribution in [0.3, 0.4) is 0 Å². The lowest BCUT2D eigenvalue weighted by molar-refractivity contribution is 0.165. The summed E-state index contributed by atoms with van der Waals surface area (Å²) in [6, 6.07) is 6.05. The Balaban J connectivity index is 1.86. The second kappa shape index (κ2) is 8.87.